The van der Waals surface area contributed by atoms with Gasteiger partial charge in [0.1, 0.15) is 11.6 Å². The van der Waals surface area contributed by atoms with E-state index in [9.17, 15) is 18.0 Å². The third kappa shape index (κ3) is 1.57. The SMILES string of the molecule is CC(F)(C(=O)O)c1c(F)cccc1F. The Morgan fingerprint density at radius 2 is 1.79 bits per heavy atom. The molecule has 14 heavy (non-hydrogen) atoms. The van der Waals surface area contributed by atoms with Gasteiger partial charge in [-0.3, -0.25) is 0 Å². The summed E-state index contributed by atoms with van der Waals surface area (Å²) in [4.78, 5) is 10.4. The first kappa shape index (κ1) is 10.6. The van der Waals surface area contributed by atoms with Gasteiger partial charge >= 0.3 is 5.97 Å². The molecule has 0 saturated heterocycles. The van der Waals surface area contributed by atoms with Gasteiger partial charge in [-0.1, -0.05) is 6.07 Å². The summed E-state index contributed by atoms with van der Waals surface area (Å²) in [6.07, 6.45) is 0. The van der Waals surface area contributed by atoms with Crippen LogP contribution in [0.3, 0.4) is 0 Å². The highest BCUT2D eigenvalue weighted by atomic mass is 19.2. The van der Waals surface area contributed by atoms with Crippen molar-refractivity contribution in [2.75, 3.05) is 0 Å². The lowest BCUT2D eigenvalue weighted by atomic mass is 9.97. The topological polar surface area (TPSA) is 37.3 Å². The lowest BCUT2D eigenvalue weighted by Gasteiger charge is -2.16. The van der Waals surface area contributed by atoms with Crippen molar-refractivity contribution in [2.24, 2.45) is 0 Å². The van der Waals surface area contributed by atoms with Gasteiger partial charge < -0.3 is 5.11 Å². The van der Waals surface area contributed by atoms with E-state index in [0.29, 0.717) is 6.92 Å². The van der Waals surface area contributed by atoms with Crippen molar-refractivity contribution in [1.29, 1.82) is 0 Å². The van der Waals surface area contributed by atoms with Crippen molar-refractivity contribution in [3.05, 3.63) is 35.4 Å². The first-order chi connectivity index (χ1) is 6.37. The van der Waals surface area contributed by atoms with Crippen LogP contribution in [-0.2, 0) is 10.5 Å². The van der Waals surface area contributed by atoms with Crippen LogP contribution in [-0.4, -0.2) is 11.1 Å². The average Bonchev–Trinajstić information content (AvgIpc) is 2.02. The van der Waals surface area contributed by atoms with Crippen molar-refractivity contribution in [2.45, 2.75) is 12.6 Å². The summed E-state index contributed by atoms with van der Waals surface area (Å²) in [5, 5.41) is 8.44. The first-order valence-corrected chi connectivity index (χ1v) is 3.74. The fourth-order valence-corrected chi connectivity index (χ4v) is 1.05. The lowest BCUT2D eigenvalue weighted by molar-refractivity contribution is -0.150. The van der Waals surface area contributed by atoms with Gasteiger partial charge in [-0.2, -0.15) is 0 Å². The Morgan fingerprint density at radius 1 is 1.36 bits per heavy atom. The number of rotatable bonds is 2. The predicted octanol–water partition coefficient (Wildman–Crippen LogP) is 2.23. The molecule has 1 atom stereocenters. The number of carboxylic acids is 1. The largest absolute Gasteiger partial charge is 0.479 e. The summed E-state index contributed by atoms with van der Waals surface area (Å²) in [6.45, 7) is 0.594. The van der Waals surface area contributed by atoms with Crippen LogP contribution in [0.4, 0.5) is 13.2 Å². The zero-order chi connectivity index (χ0) is 10.9. The van der Waals surface area contributed by atoms with E-state index >= 15 is 0 Å². The van der Waals surface area contributed by atoms with Crippen LogP contribution in [0.2, 0.25) is 0 Å². The highest BCUT2D eigenvalue weighted by Crippen LogP contribution is 2.30. The summed E-state index contributed by atoms with van der Waals surface area (Å²) in [7, 11) is 0. The molecule has 0 aliphatic rings. The molecule has 1 aromatic rings. The average molecular weight is 204 g/mol. The molecule has 0 aliphatic heterocycles. The monoisotopic (exact) mass is 204 g/mol. The molecule has 1 rings (SSSR count). The number of aliphatic carboxylic acids is 1. The number of hydrogen-bond acceptors (Lipinski definition) is 1. The van der Waals surface area contributed by atoms with Gasteiger partial charge in [-0.15, -0.1) is 0 Å². The summed E-state index contributed by atoms with van der Waals surface area (Å²) in [5.74, 6) is -4.35. The van der Waals surface area contributed by atoms with Crippen LogP contribution in [0.25, 0.3) is 0 Å². The lowest BCUT2D eigenvalue weighted by Crippen LogP contribution is -2.29. The zero-order valence-electron chi connectivity index (χ0n) is 7.22. The summed E-state index contributed by atoms with van der Waals surface area (Å²) < 4.78 is 39.3. The third-order valence-corrected chi connectivity index (χ3v) is 1.83. The maximum atomic E-state index is 13.4. The number of benzene rings is 1. The van der Waals surface area contributed by atoms with Crippen molar-refractivity contribution >= 4 is 5.97 Å². The van der Waals surface area contributed by atoms with Gasteiger partial charge in [0.15, 0.2) is 0 Å². The van der Waals surface area contributed by atoms with Gasteiger partial charge in [-0.25, -0.2) is 18.0 Å². The molecule has 1 N–H and O–H groups in total. The van der Waals surface area contributed by atoms with E-state index < -0.39 is 28.8 Å². The molecule has 0 fully saturated rings. The zero-order valence-corrected chi connectivity index (χ0v) is 7.22. The second kappa shape index (κ2) is 3.32. The van der Waals surface area contributed by atoms with Crippen molar-refractivity contribution < 1.29 is 23.1 Å². The van der Waals surface area contributed by atoms with E-state index in [-0.39, 0.29) is 0 Å². The Kier molecular flexibility index (Phi) is 2.51. The molecule has 2 nitrogen and oxygen atoms in total. The molecule has 0 spiro atoms. The van der Waals surface area contributed by atoms with Crippen LogP contribution in [0.1, 0.15) is 12.5 Å². The Bertz CT molecular complexity index is 354. The minimum Gasteiger partial charge on any atom is -0.479 e. The quantitative estimate of drug-likeness (QED) is 0.802. The van der Waals surface area contributed by atoms with Gasteiger partial charge in [0, 0.05) is 0 Å². The molecule has 0 amide bonds. The fourth-order valence-electron chi connectivity index (χ4n) is 1.05. The first-order valence-electron chi connectivity index (χ1n) is 3.74. The van der Waals surface area contributed by atoms with E-state index in [0.717, 1.165) is 18.2 Å². The third-order valence-electron chi connectivity index (χ3n) is 1.83. The van der Waals surface area contributed by atoms with E-state index in [1.807, 2.05) is 0 Å². The van der Waals surface area contributed by atoms with Crippen LogP contribution in [0, 0.1) is 11.6 Å². The normalized spacial score (nSPS) is 14.9. The number of halogens is 3. The van der Waals surface area contributed by atoms with Crippen molar-refractivity contribution in [3.63, 3.8) is 0 Å². The molecule has 0 bridgehead atoms. The predicted molar refractivity (Wildman–Crippen MR) is 42.5 cm³/mol. The Labute approximate surface area is 78.0 Å². The summed E-state index contributed by atoms with van der Waals surface area (Å²) in [6, 6.07) is 2.64. The van der Waals surface area contributed by atoms with Crippen LogP contribution in [0.5, 0.6) is 0 Å². The molecule has 0 aliphatic carbocycles. The number of carbonyl (C=O) groups is 1. The number of hydrogen-bond donors (Lipinski definition) is 1. The van der Waals surface area contributed by atoms with Crippen molar-refractivity contribution in [3.8, 4) is 0 Å². The van der Waals surface area contributed by atoms with Crippen LogP contribution in [0.15, 0.2) is 18.2 Å². The molecule has 1 aromatic carbocycles. The van der Waals surface area contributed by atoms with Crippen LogP contribution >= 0.6 is 0 Å². The van der Waals surface area contributed by atoms with Gasteiger partial charge in [0.2, 0.25) is 5.67 Å². The summed E-state index contributed by atoms with van der Waals surface area (Å²) in [5.41, 5.74) is -4.14. The minimum absolute atomic E-state index is 0.594. The highest BCUT2D eigenvalue weighted by molar-refractivity contribution is 5.78. The molecule has 76 valence electrons. The molecule has 0 radical (unpaired) electrons. The molecular formula is C9H7F3O2. The van der Waals surface area contributed by atoms with Gasteiger partial charge in [0.05, 0.1) is 5.56 Å². The van der Waals surface area contributed by atoms with E-state index in [2.05, 4.69) is 0 Å². The van der Waals surface area contributed by atoms with E-state index in [1.54, 1.807) is 0 Å². The maximum Gasteiger partial charge on any atom is 0.346 e. The molecule has 1 unspecified atom stereocenters. The van der Waals surface area contributed by atoms with Crippen molar-refractivity contribution in [1.82, 2.24) is 0 Å². The van der Waals surface area contributed by atoms with E-state index in [1.165, 1.54) is 0 Å². The number of carboxylic acid groups (broad SMARTS) is 1. The van der Waals surface area contributed by atoms with Crippen LogP contribution < -0.4 is 0 Å². The molecule has 5 heteroatoms. The van der Waals surface area contributed by atoms with Gasteiger partial charge in [0.25, 0.3) is 0 Å². The van der Waals surface area contributed by atoms with E-state index in [4.69, 9.17) is 5.11 Å². The fraction of sp³-hybridized carbons (Fsp3) is 0.222. The Morgan fingerprint density at radius 3 is 2.14 bits per heavy atom. The smallest absolute Gasteiger partial charge is 0.346 e. The molecule has 0 aromatic heterocycles. The second-order valence-electron chi connectivity index (χ2n) is 2.90. The molecular weight excluding hydrogens is 197 g/mol. The summed E-state index contributed by atoms with van der Waals surface area (Å²) >= 11 is 0. The minimum atomic E-state index is -3.06. The molecule has 0 heterocycles. The second-order valence-corrected chi connectivity index (χ2v) is 2.90. The number of alkyl halides is 1. The Balaban J connectivity index is 3.38. The molecule has 0 saturated carbocycles. The van der Waals surface area contributed by atoms with Gasteiger partial charge in [-0.05, 0) is 19.1 Å². The highest BCUT2D eigenvalue weighted by Gasteiger charge is 2.40. The Hall–Kier alpha value is -1.52. The standard InChI is InChI=1S/C9H7F3O2/c1-9(12,8(13)14)7-5(10)3-2-4-6(7)11/h2-4H,1H3,(H,13,14). The maximum absolute atomic E-state index is 13.4.